The summed E-state index contributed by atoms with van der Waals surface area (Å²) in [7, 11) is 0. The van der Waals surface area contributed by atoms with E-state index < -0.39 is 0 Å². The molecule has 1 unspecified atom stereocenters. The van der Waals surface area contributed by atoms with Gasteiger partial charge in [0.1, 0.15) is 5.75 Å². The van der Waals surface area contributed by atoms with Gasteiger partial charge < -0.3 is 19.5 Å². The first-order chi connectivity index (χ1) is 13.5. The number of urea groups is 1. The van der Waals surface area contributed by atoms with Crippen molar-refractivity contribution in [1.29, 1.82) is 0 Å². The highest BCUT2D eigenvalue weighted by Crippen LogP contribution is 2.32. The third-order valence-corrected chi connectivity index (χ3v) is 5.09. The smallest absolute Gasteiger partial charge is 0.317 e. The third kappa shape index (κ3) is 5.24. The van der Waals surface area contributed by atoms with E-state index in [0.717, 1.165) is 31.6 Å². The van der Waals surface area contributed by atoms with Crippen LogP contribution in [0.15, 0.2) is 34.9 Å². The molecule has 0 radical (unpaired) electrons. The number of ether oxygens (including phenoxy) is 1. The number of piperidine rings is 1. The second-order valence-corrected chi connectivity index (χ2v) is 8.11. The molecule has 3 rings (SSSR count). The van der Waals surface area contributed by atoms with Gasteiger partial charge in [0.15, 0.2) is 12.4 Å². The summed E-state index contributed by atoms with van der Waals surface area (Å²) < 4.78 is 11.1. The first-order valence-corrected chi connectivity index (χ1v) is 10.00. The van der Waals surface area contributed by atoms with Gasteiger partial charge in [0.25, 0.3) is 5.89 Å². The summed E-state index contributed by atoms with van der Waals surface area (Å²) in [4.78, 5) is 18.9. The molecule has 0 aliphatic carbocycles. The van der Waals surface area contributed by atoms with Crippen LogP contribution in [0.1, 0.15) is 51.7 Å². The van der Waals surface area contributed by atoms with Gasteiger partial charge in [-0.1, -0.05) is 44.1 Å². The van der Waals surface area contributed by atoms with Crippen molar-refractivity contribution in [3.05, 3.63) is 42.0 Å². The van der Waals surface area contributed by atoms with Crippen molar-refractivity contribution >= 4 is 6.03 Å². The van der Waals surface area contributed by atoms with Gasteiger partial charge in [-0.25, -0.2) is 4.79 Å². The first kappa shape index (κ1) is 20.2. The molecule has 0 bridgehead atoms. The van der Waals surface area contributed by atoms with Crippen LogP contribution >= 0.6 is 0 Å². The second-order valence-electron chi connectivity index (χ2n) is 8.11. The molecule has 1 aliphatic rings. The van der Waals surface area contributed by atoms with Gasteiger partial charge in [0.2, 0.25) is 0 Å². The van der Waals surface area contributed by atoms with Crippen LogP contribution in [0.5, 0.6) is 5.75 Å². The van der Waals surface area contributed by atoms with Crippen molar-refractivity contribution in [2.75, 3.05) is 19.6 Å². The highest BCUT2D eigenvalue weighted by molar-refractivity contribution is 5.74. The van der Waals surface area contributed by atoms with E-state index >= 15 is 0 Å². The number of benzene rings is 1. The first-order valence-electron chi connectivity index (χ1n) is 10.00. The van der Waals surface area contributed by atoms with Gasteiger partial charge in [-0.2, -0.15) is 4.98 Å². The minimum Gasteiger partial charge on any atom is -0.484 e. The second kappa shape index (κ2) is 9.08. The monoisotopic (exact) mass is 386 g/mol. The van der Waals surface area contributed by atoms with Crippen molar-refractivity contribution in [2.45, 2.75) is 52.1 Å². The van der Waals surface area contributed by atoms with E-state index in [9.17, 15) is 4.79 Å². The van der Waals surface area contributed by atoms with E-state index in [4.69, 9.17) is 9.26 Å². The van der Waals surface area contributed by atoms with Crippen LogP contribution in [0.2, 0.25) is 0 Å². The fraction of sp³-hybridized carbons (Fsp3) is 0.571. The Kier molecular flexibility index (Phi) is 6.54. The normalized spacial score (nSPS) is 19.6. The maximum Gasteiger partial charge on any atom is 0.317 e. The fourth-order valence-electron chi connectivity index (χ4n) is 3.40. The largest absolute Gasteiger partial charge is 0.484 e. The number of nitrogens with one attached hydrogen (secondary N) is 1. The van der Waals surface area contributed by atoms with Gasteiger partial charge >= 0.3 is 6.03 Å². The Balaban J connectivity index is 1.57. The van der Waals surface area contributed by atoms with Crippen molar-refractivity contribution in [2.24, 2.45) is 5.92 Å². The predicted molar refractivity (Wildman–Crippen MR) is 106 cm³/mol. The summed E-state index contributed by atoms with van der Waals surface area (Å²) in [6, 6.07) is 9.52. The minimum absolute atomic E-state index is 0.0114. The van der Waals surface area contributed by atoms with E-state index in [0.29, 0.717) is 30.7 Å². The Morgan fingerprint density at radius 3 is 2.89 bits per heavy atom. The molecule has 28 heavy (non-hydrogen) atoms. The van der Waals surface area contributed by atoms with E-state index in [1.807, 2.05) is 35.2 Å². The molecule has 2 aromatic rings. The molecule has 1 fully saturated rings. The number of para-hydroxylation sites is 1. The zero-order valence-electron chi connectivity index (χ0n) is 17.0. The minimum atomic E-state index is -0.317. The van der Waals surface area contributed by atoms with E-state index in [2.05, 4.69) is 36.2 Å². The zero-order valence-corrected chi connectivity index (χ0v) is 17.0. The maximum atomic E-state index is 12.5. The molecule has 2 amide bonds. The lowest BCUT2D eigenvalue weighted by Gasteiger charge is -2.38. The molecule has 1 saturated heterocycles. The van der Waals surface area contributed by atoms with Crippen molar-refractivity contribution in [1.82, 2.24) is 20.4 Å². The average molecular weight is 386 g/mol. The quantitative estimate of drug-likeness (QED) is 0.784. The Morgan fingerprint density at radius 2 is 2.14 bits per heavy atom. The summed E-state index contributed by atoms with van der Waals surface area (Å²) in [5, 5.41) is 7.20. The van der Waals surface area contributed by atoms with E-state index in [-0.39, 0.29) is 18.1 Å². The van der Waals surface area contributed by atoms with Gasteiger partial charge in [-0.3, -0.25) is 0 Å². The van der Waals surface area contributed by atoms with Crippen LogP contribution < -0.4 is 10.1 Å². The van der Waals surface area contributed by atoms with Gasteiger partial charge in [0.05, 0.1) is 0 Å². The van der Waals surface area contributed by atoms with Crippen LogP contribution in [0.3, 0.4) is 0 Å². The summed E-state index contributed by atoms with van der Waals surface area (Å²) >= 11 is 0. The Labute approximate surface area is 166 Å². The number of hydrogen-bond donors (Lipinski definition) is 1. The highest BCUT2D eigenvalue weighted by atomic mass is 16.5. The molecule has 1 aromatic carbocycles. The van der Waals surface area contributed by atoms with Crippen LogP contribution in [0, 0.1) is 5.92 Å². The molecular formula is C21H30N4O3. The Morgan fingerprint density at radius 1 is 1.36 bits per heavy atom. The summed E-state index contributed by atoms with van der Waals surface area (Å²) in [5.41, 5.74) is -0.317. The summed E-state index contributed by atoms with van der Waals surface area (Å²) in [5.74, 6) is 2.41. The van der Waals surface area contributed by atoms with Crippen molar-refractivity contribution in [3.8, 4) is 5.75 Å². The fourth-order valence-corrected chi connectivity index (χ4v) is 3.40. The van der Waals surface area contributed by atoms with Crippen molar-refractivity contribution in [3.63, 3.8) is 0 Å². The molecule has 152 valence electrons. The molecular weight excluding hydrogens is 356 g/mol. The Hall–Kier alpha value is -2.57. The number of hydrogen-bond acceptors (Lipinski definition) is 5. The lowest BCUT2D eigenvalue weighted by Crippen LogP contribution is -2.51. The number of likely N-dealkylation sites (tertiary alicyclic amines) is 1. The predicted octanol–water partition coefficient (Wildman–Crippen LogP) is 3.76. The molecule has 1 N–H and O–H groups in total. The summed E-state index contributed by atoms with van der Waals surface area (Å²) in [6.07, 6.45) is 2.81. The number of nitrogens with zero attached hydrogens (tertiary/aromatic N) is 3. The topological polar surface area (TPSA) is 80.5 Å². The lowest BCUT2D eigenvalue weighted by atomic mass is 9.81. The van der Waals surface area contributed by atoms with Crippen molar-refractivity contribution < 1.29 is 14.1 Å². The lowest BCUT2D eigenvalue weighted by molar-refractivity contribution is 0.150. The maximum absolute atomic E-state index is 12.5. The van der Waals surface area contributed by atoms with Crippen LogP contribution in [0.25, 0.3) is 0 Å². The molecule has 7 nitrogen and oxygen atoms in total. The van der Waals surface area contributed by atoms with E-state index in [1.54, 1.807) is 0 Å². The highest BCUT2D eigenvalue weighted by Gasteiger charge is 2.38. The van der Waals surface area contributed by atoms with Gasteiger partial charge in [-0.15, -0.1) is 0 Å². The van der Waals surface area contributed by atoms with Crippen LogP contribution in [-0.4, -0.2) is 40.7 Å². The SMILES string of the molecule is CC(C)CCNC(=O)N1CCCC(C)(c2noc(COc3ccccc3)n2)C1. The van der Waals surface area contributed by atoms with E-state index in [1.165, 1.54) is 0 Å². The van der Waals surface area contributed by atoms with Gasteiger partial charge in [-0.05, 0) is 37.3 Å². The van der Waals surface area contributed by atoms with Crippen LogP contribution in [-0.2, 0) is 12.0 Å². The number of rotatable bonds is 7. The third-order valence-electron chi connectivity index (χ3n) is 5.09. The van der Waals surface area contributed by atoms with Gasteiger partial charge in [0, 0.05) is 25.0 Å². The zero-order chi connectivity index (χ0) is 20.0. The Bertz CT molecular complexity index is 762. The molecule has 2 heterocycles. The number of amides is 2. The summed E-state index contributed by atoms with van der Waals surface area (Å²) in [6.45, 7) is 8.66. The molecule has 0 saturated carbocycles. The molecule has 1 aromatic heterocycles. The number of carbonyl (C=O) groups excluding carboxylic acids is 1. The molecule has 0 spiro atoms. The number of carbonyl (C=O) groups is 1. The number of aromatic nitrogens is 2. The molecule has 1 aliphatic heterocycles. The average Bonchev–Trinajstić information content (AvgIpc) is 3.17. The molecule has 7 heteroatoms. The molecule has 1 atom stereocenters. The van der Waals surface area contributed by atoms with Crippen LogP contribution in [0.4, 0.5) is 4.79 Å². The standard InChI is InChI=1S/C21H30N4O3/c1-16(2)10-12-22-20(26)25-13-7-11-21(3,15-25)19-23-18(28-24-19)14-27-17-8-5-4-6-9-17/h4-6,8-9,16H,7,10-15H2,1-3H3,(H,22,26).